The standard InChI is InChI=1S/C18H23N3/c1-14-9-10-20-13-16(14)18(12-19)21-11-5-4-7-15-6-2-3-8-17(15)21/h2-3,6,8-10,13,18H,4-5,7,11-12,19H2,1H3. The van der Waals surface area contributed by atoms with Crippen LogP contribution in [0.1, 0.15) is 35.6 Å². The molecule has 0 bridgehead atoms. The molecule has 0 saturated heterocycles. The predicted octanol–water partition coefficient (Wildman–Crippen LogP) is 3.23. The van der Waals surface area contributed by atoms with E-state index in [1.807, 2.05) is 12.4 Å². The van der Waals surface area contributed by atoms with E-state index < -0.39 is 0 Å². The monoisotopic (exact) mass is 281 g/mol. The third-order valence-corrected chi connectivity index (χ3v) is 4.43. The van der Waals surface area contributed by atoms with Crippen LogP contribution in [-0.2, 0) is 6.42 Å². The van der Waals surface area contributed by atoms with Crippen LogP contribution in [0.5, 0.6) is 0 Å². The van der Waals surface area contributed by atoms with E-state index in [1.165, 1.54) is 35.2 Å². The first-order chi connectivity index (χ1) is 10.3. The summed E-state index contributed by atoms with van der Waals surface area (Å²) in [6.45, 7) is 3.82. The van der Waals surface area contributed by atoms with E-state index in [-0.39, 0.29) is 6.04 Å². The van der Waals surface area contributed by atoms with Crippen LogP contribution in [0.2, 0.25) is 0 Å². The summed E-state index contributed by atoms with van der Waals surface area (Å²) in [5.74, 6) is 0. The lowest BCUT2D eigenvalue weighted by molar-refractivity contribution is 0.607. The summed E-state index contributed by atoms with van der Waals surface area (Å²) in [6, 6.07) is 11.0. The summed E-state index contributed by atoms with van der Waals surface area (Å²) in [6.07, 6.45) is 7.44. The molecule has 2 aromatic rings. The van der Waals surface area contributed by atoms with Crippen LogP contribution in [-0.4, -0.2) is 18.1 Å². The van der Waals surface area contributed by atoms with Gasteiger partial charge in [0, 0.05) is 31.2 Å². The number of anilines is 1. The molecule has 1 aromatic carbocycles. The fraction of sp³-hybridized carbons (Fsp3) is 0.389. The fourth-order valence-electron chi connectivity index (χ4n) is 3.29. The van der Waals surface area contributed by atoms with Gasteiger partial charge in [0.25, 0.3) is 0 Å². The van der Waals surface area contributed by atoms with Crippen LogP contribution < -0.4 is 10.6 Å². The van der Waals surface area contributed by atoms with Crippen molar-refractivity contribution in [2.24, 2.45) is 5.73 Å². The van der Waals surface area contributed by atoms with Gasteiger partial charge in [0.05, 0.1) is 6.04 Å². The van der Waals surface area contributed by atoms with Gasteiger partial charge in [-0.05, 0) is 55.0 Å². The topological polar surface area (TPSA) is 42.1 Å². The zero-order chi connectivity index (χ0) is 14.7. The van der Waals surface area contributed by atoms with Crippen molar-refractivity contribution in [3.63, 3.8) is 0 Å². The van der Waals surface area contributed by atoms with Crippen LogP contribution in [0.4, 0.5) is 5.69 Å². The maximum atomic E-state index is 6.14. The number of pyridine rings is 1. The number of benzene rings is 1. The molecule has 1 unspecified atom stereocenters. The van der Waals surface area contributed by atoms with Gasteiger partial charge in [-0.25, -0.2) is 0 Å². The second-order valence-electron chi connectivity index (χ2n) is 5.76. The molecule has 2 heterocycles. The minimum atomic E-state index is 0.206. The summed E-state index contributed by atoms with van der Waals surface area (Å²) in [5.41, 5.74) is 11.4. The number of fused-ring (bicyclic) bond motifs is 1. The second kappa shape index (κ2) is 6.27. The van der Waals surface area contributed by atoms with Crippen molar-refractivity contribution in [3.8, 4) is 0 Å². The maximum Gasteiger partial charge on any atom is 0.0682 e. The molecule has 0 saturated carbocycles. The quantitative estimate of drug-likeness (QED) is 0.939. The van der Waals surface area contributed by atoms with Crippen molar-refractivity contribution in [3.05, 3.63) is 59.4 Å². The van der Waals surface area contributed by atoms with Crippen molar-refractivity contribution >= 4 is 5.69 Å². The van der Waals surface area contributed by atoms with Gasteiger partial charge >= 0.3 is 0 Å². The number of rotatable bonds is 3. The molecule has 2 N–H and O–H groups in total. The van der Waals surface area contributed by atoms with Crippen LogP contribution in [0.15, 0.2) is 42.7 Å². The van der Waals surface area contributed by atoms with Crippen LogP contribution >= 0.6 is 0 Å². The first-order valence-electron chi connectivity index (χ1n) is 7.76. The van der Waals surface area contributed by atoms with Crippen molar-refractivity contribution < 1.29 is 0 Å². The van der Waals surface area contributed by atoms with Gasteiger partial charge in [0.15, 0.2) is 0 Å². The first-order valence-corrected chi connectivity index (χ1v) is 7.76. The zero-order valence-corrected chi connectivity index (χ0v) is 12.6. The Labute approximate surface area is 126 Å². The average Bonchev–Trinajstić information content (AvgIpc) is 2.73. The number of nitrogens with two attached hydrogens (primary N) is 1. The molecule has 3 rings (SSSR count). The minimum Gasteiger partial charge on any atom is -0.363 e. The third-order valence-electron chi connectivity index (χ3n) is 4.43. The van der Waals surface area contributed by atoms with Gasteiger partial charge in [-0.1, -0.05) is 18.2 Å². The van der Waals surface area contributed by atoms with Gasteiger partial charge in [0.1, 0.15) is 0 Å². The minimum absolute atomic E-state index is 0.206. The van der Waals surface area contributed by atoms with Crippen LogP contribution in [0.3, 0.4) is 0 Å². The molecule has 1 aliphatic heterocycles. The number of para-hydroxylation sites is 1. The number of aromatic nitrogens is 1. The highest BCUT2D eigenvalue weighted by atomic mass is 15.2. The van der Waals surface area contributed by atoms with E-state index in [2.05, 4.69) is 47.1 Å². The normalized spacial score (nSPS) is 16.2. The SMILES string of the molecule is Cc1ccncc1C(CN)N1CCCCc2ccccc21. The molecule has 3 nitrogen and oxygen atoms in total. The van der Waals surface area contributed by atoms with E-state index in [9.17, 15) is 0 Å². The Morgan fingerprint density at radius 1 is 1.24 bits per heavy atom. The van der Waals surface area contributed by atoms with E-state index in [0.717, 1.165) is 13.0 Å². The smallest absolute Gasteiger partial charge is 0.0682 e. The zero-order valence-electron chi connectivity index (χ0n) is 12.6. The highest BCUT2D eigenvalue weighted by Gasteiger charge is 2.24. The van der Waals surface area contributed by atoms with E-state index in [4.69, 9.17) is 5.73 Å². The third kappa shape index (κ3) is 2.79. The Bertz CT molecular complexity index is 609. The maximum absolute atomic E-state index is 6.14. The van der Waals surface area contributed by atoms with Crippen molar-refractivity contribution in [2.45, 2.75) is 32.2 Å². The van der Waals surface area contributed by atoms with Gasteiger partial charge in [-0.15, -0.1) is 0 Å². The van der Waals surface area contributed by atoms with Gasteiger partial charge < -0.3 is 10.6 Å². The molecule has 1 aliphatic rings. The summed E-state index contributed by atoms with van der Waals surface area (Å²) in [4.78, 5) is 6.78. The lowest BCUT2D eigenvalue weighted by Crippen LogP contribution is -2.35. The van der Waals surface area contributed by atoms with Gasteiger partial charge in [-0.3, -0.25) is 4.98 Å². The van der Waals surface area contributed by atoms with Crippen molar-refractivity contribution in [2.75, 3.05) is 18.0 Å². The van der Waals surface area contributed by atoms with E-state index in [0.29, 0.717) is 6.54 Å². The van der Waals surface area contributed by atoms with Crippen molar-refractivity contribution in [1.82, 2.24) is 4.98 Å². The Balaban J connectivity index is 2.03. The number of nitrogens with zero attached hydrogens (tertiary/aromatic N) is 2. The molecule has 0 aliphatic carbocycles. The molecule has 0 amide bonds. The van der Waals surface area contributed by atoms with Gasteiger partial charge in [0.2, 0.25) is 0 Å². The summed E-state index contributed by atoms with van der Waals surface area (Å²) >= 11 is 0. The van der Waals surface area contributed by atoms with Crippen LogP contribution in [0.25, 0.3) is 0 Å². The Hall–Kier alpha value is -1.87. The largest absolute Gasteiger partial charge is 0.363 e. The van der Waals surface area contributed by atoms with Crippen molar-refractivity contribution in [1.29, 1.82) is 0 Å². The number of hydrogen-bond donors (Lipinski definition) is 1. The first kappa shape index (κ1) is 14.1. The Morgan fingerprint density at radius 3 is 2.90 bits per heavy atom. The molecule has 0 fully saturated rings. The predicted molar refractivity (Wildman–Crippen MR) is 87.5 cm³/mol. The summed E-state index contributed by atoms with van der Waals surface area (Å²) < 4.78 is 0. The van der Waals surface area contributed by atoms with E-state index in [1.54, 1.807) is 0 Å². The molecule has 1 aromatic heterocycles. The Kier molecular flexibility index (Phi) is 4.20. The molecule has 0 radical (unpaired) electrons. The molecule has 1 atom stereocenters. The summed E-state index contributed by atoms with van der Waals surface area (Å²) in [5, 5.41) is 0. The van der Waals surface area contributed by atoms with Gasteiger partial charge in [-0.2, -0.15) is 0 Å². The molecule has 0 spiro atoms. The average molecular weight is 281 g/mol. The molecule has 21 heavy (non-hydrogen) atoms. The number of aryl methyl sites for hydroxylation is 2. The lowest BCUT2D eigenvalue weighted by Gasteiger charge is -2.34. The molecular formula is C18H23N3. The lowest BCUT2D eigenvalue weighted by atomic mass is 10.0. The molecule has 3 heteroatoms. The Morgan fingerprint density at radius 2 is 2.10 bits per heavy atom. The number of hydrogen-bond acceptors (Lipinski definition) is 3. The van der Waals surface area contributed by atoms with E-state index >= 15 is 0 Å². The highest BCUT2D eigenvalue weighted by Crippen LogP contribution is 2.33. The molecule has 110 valence electrons. The summed E-state index contributed by atoms with van der Waals surface area (Å²) in [7, 11) is 0. The fourth-order valence-corrected chi connectivity index (χ4v) is 3.29. The highest BCUT2D eigenvalue weighted by molar-refractivity contribution is 5.56. The molecular weight excluding hydrogens is 258 g/mol. The second-order valence-corrected chi connectivity index (χ2v) is 5.76. The van der Waals surface area contributed by atoms with Crippen LogP contribution in [0, 0.1) is 6.92 Å².